The fourth-order valence-corrected chi connectivity index (χ4v) is 3.57. The highest BCUT2D eigenvalue weighted by molar-refractivity contribution is 6.40. The van der Waals surface area contributed by atoms with Gasteiger partial charge in [-0.15, -0.1) is 0 Å². The van der Waals surface area contributed by atoms with Crippen LogP contribution in [0.2, 0.25) is 0 Å². The Morgan fingerprint density at radius 1 is 1.07 bits per heavy atom. The van der Waals surface area contributed by atoms with E-state index in [-0.39, 0.29) is 29.7 Å². The normalized spacial score (nSPS) is 16.1. The summed E-state index contributed by atoms with van der Waals surface area (Å²) >= 11 is 0. The fraction of sp³-hybridized carbons (Fsp3) is 0.364. The summed E-state index contributed by atoms with van der Waals surface area (Å²) in [4.78, 5) is 43.6. The summed E-state index contributed by atoms with van der Waals surface area (Å²) in [5.74, 6) is -1.86. The van der Waals surface area contributed by atoms with Crippen LogP contribution in [0, 0.1) is 0 Å². The smallest absolute Gasteiger partial charge is 0.313 e. The number of amides is 3. The van der Waals surface area contributed by atoms with E-state index < -0.39 is 11.8 Å². The van der Waals surface area contributed by atoms with Gasteiger partial charge in [0.1, 0.15) is 0 Å². The summed E-state index contributed by atoms with van der Waals surface area (Å²) in [5.41, 5.74) is 1.29. The average molecular weight is 409 g/mol. The molecule has 3 amide bonds. The van der Waals surface area contributed by atoms with Crippen LogP contribution < -0.4 is 16.0 Å². The number of carbonyl (C=O) groups is 3. The van der Waals surface area contributed by atoms with E-state index in [9.17, 15) is 14.4 Å². The first-order valence-electron chi connectivity index (χ1n) is 10.2. The second-order valence-corrected chi connectivity index (χ2v) is 7.14. The van der Waals surface area contributed by atoms with Crippen LogP contribution in [-0.2, 0) is 16.1 Å². The summed E-state index contributed by atoms with van der Waals surface area (Å²) < 4.78 is 0. The molecule has 0 unspecified atom stereocenters. The quantitative estimate of drug-likeness (QED) is 0.602. The average Bonchev–Trinajstić information content (AvgIpc) is 3.24. The van der Waals surface area contributed by atoms with E-state index in [2.05, 4.69) is 32.8 Å². The van der Waals surface area contributed by atoms with Crippen LogP contribution in [0.4, 0.5) is 5.69 Å². The highest BCUT2D eigenvalue weighted by Crippen LogP contribution is 2.16. The summed E-state index contributed by atoms with van der Waals surface area (Å²) in [5, 5.41) is 8.02. The predicted molar refractivity (Wildman–Crippen MR) is 114 cm³/mol. The number of aromatic nitrogens is 1. The van der Waals surface area contributed by atoms with E-state index >= 15 is 0 Å². The first-order valence-corrected chi connectivity index (χ1v) is 10.2. The minimum absolute atomic E-state index is 0.261. The molecule has 1 aliphatic heterocycles. The van der Waals surface area contributed by atoms with Crippen LogP contribution in [0.5, 0.6) is 0 Å². The Morgan fingerprint density at radius 2 is 1.87 bits per heavy atom. The van der Waals surface area contributed by atoms with Crippen molar-refractivity contribution in [3.05, 3.63) is 59.9 Å². The molecular weight excluding hydrogens is 382 g/mol. The van der Waals surface area contributed by atoms with Gasteiger partial charge in [0.05, 0.1) is 23.5 Å². The maximum atomic E-state index is 12.6. The lowest BCUT2D eigenvalue weighted by molar-refractivity contribution is -0.136. The van der Waals surface area contributed by atoms with Gasteiger partial charge in [-0.25, -0.2) is 0 Å². The molecule has 0 aliphatic carbocycles. The molecule has 8 heteroatoms. The molecule has 1 aromatic carbocycles. The monoisotopic (exact) mass is 409 g/mol. The number of likely N-dealkylation sites (N-methyl/N-ethyl adjacent to an activating group) is 1. The number of hydrogen-bond donors (Lipinski definition) is 3. The van der Waals surface area contributed by atoms with E-state index in [1.807, 2.05) is 12.1 Å². The molecule has 1 fully saturated rings. The van der Waals surface area contributed by atoms with Crippen molar-refractivity contribution in [2.24, 2.45) is 0 Å². The molecule has 1 saturated heterocycles. The lowest BCUT2D eigenvalue weighted by atomic mass is 10.1. The zero-order valence-corrected chi connectivity index (χ0v) is 17.1. The van der Waals surface area contributed by atoms with Crippen LogP contribution in [0.3, 0.4) is 0 Å². The number of benzene rings is 1. The number of pyridine rings is 1. The molecule has 3 rings (SSSR count). The van der Waals surface area contributed by atoms with E-state index in [1.54, 1.807) is 36.5 Å². The Hall–Kier alpha value is -3.26. The van der Waals surface area contributed by atoms with Crippen LogP contribution in [0.25, 0.3) is 0 Å². The minimum atomic E-state index is -0.791. The second kappa shape index (κ2) is 10.5. The Labute approximate surface area is 176 Å². The van der Waals surface area contributed by atoms with Crippen LogP contribution in [-0.4, -0.2) is 53.3 Å². The summed E-state index contributed by atoms with van der Waals surface area (Å²) in [6.07, 6.45) is 3.76. The van der Waals surface area contributed by atoms with Gasteiger partial charge in [-0.3, -0.25) is 24.3 Å². The van der Waals surface area contributed by atoms with E-state index in [0.717, 1.165) is 31.6 Å². The lowest BCUT2D eigenvalue weighted by Crippen LogP contribution is -2.43. The molecule has 0 radical (unpaired) electrons. The third kappa shape index (κ3) is 5.64. The molecule has 3 N–H and O–H groups in total. The van der Waals surface area contributed by atoms with E-state index in [0.29, 0.717) is 6.54 Å². The van der Waals surface area contributed by atoms with Crippen molar-refractivity contribution >= 4 is 23.4 Å². The second-order valence-electron chi connectivity index (χ2n) is 7.14. The van der Waals surface area contributed by atoms with Gasteiger partial charge in [0.25, 0.3) is 5.91 Å². The molecule has 2 aromatic rings. The van der Waals surface area contributed by atoms with Crippen LogP contribution in [0.1, 0.15) is 35.8 Å². The number of nitrogens with zero attached hydrogens (tertiary/aromatic N) is 2. The molecular formula is C22H27N5O3. The SMILES string of the molecule is CCN1CCC[C@H]1CNC(=O)C(=O)Nc1ccccc1C(=O)NCc1ccccn1. The molecule has 0 bridgehead atoms. The van der Waals surface area contributed by atoms with Crippen molar-refractivity contribution in [2.75, 3.05) is 25.0 Å². The molecule has 0 saturated carbocycles. The van der Waals surface area contributed by atoms with Crippen LogP contribution >= 0.6 is 0 Å². The van der Waals surface area contributed by atoms with Crippen molar-refractivity contribution in [1.29, 1.82) is 0 Å². The van der Waals surface area contributed by atoms with Crippen molar-refractivity contribution in [3.63, 3.8) is 0 Å². The molecule has 2 heterocycles. The minimum Gasteiger partial charge on any atom is -0.346 e. The Kier molecular flexibility index (Phi) is 7.51. The van der Waals surface area contributed by atoms with Crippen LogP contribution in [0.15, 0.2) is 48.7 Å². The summed E-state index contributed by atoms with van der Waals surface area (Å²) in [7, 11) is 0. The lowest BCUT2D eigenvalue weighted by Gasteiger charge is -2.22. The van der Waals surface area contributed by atoms with E-state index in [1.165, 1.54) is 0 Å². The standard InChI is InChI=1S/C22H27N5O3/c1-2-27-13-7-9-17(27)15-25-21(29)22(30)26-19-11-4-3-10-18(19)20(28)24-14-16-8-5-6-12-23-16/h3-6,8,10-12,17H,2,7,9,13-15H2,1H3,(H,24,28)(H,25,29)(H,26,30)/t17-/m0/s1. The number of para-hydroxylation sites is 1. The predicted octanol–water partition coefficient (Wildman–Crippen LogP) is 1.55. The van der Waals surface area contributed by atoms with Gasteiger partial charge >= 0.3 is 11.8 Å². The highest BCUT2D eigenvalue weighted by atomic mass is 16.2. The number of anilines is 1. The number of likely N-dealkylation sites (tertiary alicyclic amines) is 1. The number of rotatable bonds is 7. The van der Waals surface area contributed by atoms with Gasteiger partial charge in [-0.05, 0) is 50.2 Å². The summed E-state index contributed by atoms with van der Waals surface area (Å²) in [6.45, 7) is 4.73. The van der Waals surface area contributed by atoms with Gasteiger partial charge in [0.2, 0.25) is 0 Å². The zero-order valence-electron chi connectivity index (χ0n) is 17.1. The molecule has 30 heavy (non-hydrogen) atoms. The zero-order chi connectivity index (χ0) is 21.3. The molecule has 1 aliphatic rings. The van der Waals surface area contributed by atoms with E-state index in [4.69, 9.17) is 0 Å². The fourth-order valence-electron chi connectivity index (χ4n) is 3.57. The summed E-state index contributed by atoms with van der Waals surface area (Å²) in [6, 6.07) is 12.3. The maximum absolute atomic E-state index is 12.6. The highest BCUT2D eigenvalue weighted by Gasteiger charge is 2.25. The molecule has 0 spiro atoms. The number of hydrogen-bond acceptors (Lipinski definition) is 5. The topological polar surface area (TPSA) is 103 Å². The largest absolute Gasteiger partial charge is 0.346 e. The maximum Gasteiger partial charge on any atom is 0.313 e. The Balaban J connectivity index is 1.56. The molecule has 158 valence electrons. The van der Waals surface area contributed by atoms with Crippen molar-refractivity contribution in [2.45, 2.75) is 32.4 Å². The van der Waals surface area contributed by atoms with Gasteiger partial charge in [0, 0.05) is 18.8 Å². The van der Waals surface area contributed by atoms with Crippen molar-refractivity contribution in [1.82, 2.24) is 20.5 Å². The molecule has 8 nitrogen and oxygen atoms in total. The molecule has 1 aromatic heterocycles. The van der Waals surface area contributed by atoms with Gasteiger partial charge in [-0.2, -0.15) is 0 Å². The third-order valence-electron chi connectivity index (χ3n) is 5.19. The van der Waals surface area contributed by atoms with Crippen molar-refractivity contribution in [3.8, 4) is 0 Å². The van der Waals surface area contributed by atoms with Gasteiger partial charge < -0.3 is 16.0 Å². The number of nitrogens with one attached hydrogen (secondary N) is 3. The van der Waals surface area contributed by atoms with Crippen molar-refractivity contribution < 1.29 is 14.4 Å². The van der Waals surface area contributed by atoms with Gasteiger partial charge in [-0.1, -0.05) is 25.1 Å². The first kappa shape index (κ1) is 21.4. The number of carbonyl (C=O) groups excluding carboxylic acids is 3. The molecule has 1 atom stereocenters. The van der Waals surface area contributed by atoms with Gasteiger partial charge in [0.15, 0.2) is 0 Å². The Bertz CT molecular complexity index is 887. The first-order chi connectivity index (χ1) is 14.6. The Morgan fingerprint density at radius 3 is 2.63 bits per heavy atom. The third-order valence-corrected chi connectivity index (χ3v) is 5.19.